The lowest BCUT2D eigenvalue weighted by atomic mass is 9.33. The van der Waals surface area contributed by atoms with Gasteiger partial charge in [-0.15, -0.1) is 0 Å². The standard InChI is InChI=1S/C112H119BN4/c1-106(2,3)66-72-42-50-95-89(54-72)90-55-73(67-107(4,5)6)43-51-96(90)114(95)83-46-48-93-101(62-83)116(99-64-85(76-34-26-22-27-35-76)80(70-110(13,14)15)58-87(99)78-38-30-24-31-39-78)103-60-82(112(19,20)21)61-104-105(103)113(93)94-49-47-84(115-97-52-44-74(68-108(7,8)9)56-91(97)92-57-75(45-53-98(92)115)69-109(10,11)12)63-102(94)117(104)100-65-86(77-36-28-23-29-37-77)81(71-111(16,17)18)59-88(100)79-40-32-25-33-41-79/h22-65H,66-71H2,1-21H3/i66D2,67D2,68D2,69D2,70D2,71D2. The van der Waals surface area contributed by atoms with Gasteiger partial charge in [-0.25, -0.2) is 0 Å². The number of hydrogen-bond acceptors (Lipinski definition) is 2. The molecule has 0 fully saturated rings. The first-order valence-corrected chi connectivity index (χ1v) is 41.8. The highest BCUT2D eigenvalue weighted by Crippen LogP contribution is 2.54. The Kier molecular flexibility index (Phi) is 16.2. The van der Waals surface area contributed by atoms with Gasteiger partial charge in [-0.05, 0) is 274 Å². The van der Waals surface area contributed by atoms with Gasteiger partial charge in [0.15, 0.2) is 0 Å². The zero-order valence-corrected chi connectivity index (χ0v) is 72.3. The van der Waals surface area contributed by atoms with Gasteiger partial charge in [0.2, 0.25) is 0 Å². The number of fused-ring (bicyclic) bond motifs is 10. The summed E-state index contributed by atoms with van der Waals surface area (Å²) >= 11 is 0. The summed E-state index contributed by atoms with van der Waals surface area (Å²) < 4.78 is 125. The Hall–Kier alpha value is -10.9. The van der Waals surface area contributed by atoms with Gasteiger partial charge in [0.1, 0.15) is 0 Å². The third-order valence-electron chi connectivity index (χ3n) is 22.1. The van der Waals surface area contributed by atoms with E-state index in [4.69, 9.17) is 0 Å². The maximum atomic E-state index is 10.5. The number of aromatic nitrogens is 2. The van der Waals surface area contributed by atoms with Crippen LogP contribution in [0.2, 0.25) is 0 Å². The molecular formula is C112H119BN4. The van der Waals surface area contributed by atoms with Gasteiger partial charge in [0.05, 0.1) is 33.4 Å². The first-order valence-electron chi connectivity index (χ1n) is 47.8. The molecule has 17 rings (SSSR count). The average Bonchev–Trinajstić information content (AvgIpc) is 0.772. The predicted molar refractivity (Wildman–Crippen MR) is 509 cm³/mol. The van der Waals surface area contributed by atoms with E-state index in [0.29, 0.717) is 33.4 Å². The van der Waals surface area contributed by atoms with E-state index in [1.165, 1.54) is 0 Å². The highest BCUT2D eigenvalue weighted by atomic mass is 15.2. The molecule has 2 aromatic heterocycles. The second-order valence-corrected chi connectivity index (χ2v) is 39.9. The van der Waals surface area contributed by atoms with Crippen LogP contribution in [0.5, 0.6) is 0 Å². The monoisotopic (exact) mass is 1540 g/mol. The highest BCUT2D eigenvalue weighted by Gasteiger charge is 2.46. The lowest BCUT2D eigenvalue weighted by Crippen LogP contribution is -2.61. The van der Waals surface area contributed by atoms with Gasteiger partial charge in [-0.2, -0.15) is 0 Å². The fourth-order valence-corrected chi connectivity index (χ4v) is 17.8. The van der Waals surface area contributed by atoms with Crippen molar-refractivity contribution in [2.75, 3.05) is 9.80 Å². The molecule has 15 aromatic rings. The van der Waals surface area contributed by atoms with Crippen LogP contribution in [0.15, 0.2) is 267 Å². The average molecular weight is 1540 g/mol. The quantitative estimate of drug-likeness (QED) is 0.101. The van der Waals surface area contributed by atoms with Gasteiger partial charge >= 0.3 is 0 Å². The molecule has 2 aliphatic heterocycles. The van der Waals surface area contributed by atoms with Crippen molar-refractivity contribution in [2.24, 2.45) is 32.5 Å². The van der Waals surface area contributed by atoms with Gasteiger partial charge in [0, 0.05) is 83.2 Å². The Morgan fingerprint density at radius 1 is 0.256 bits per heavy atom. The molecule has 117 heavy (non-hydrogen) atoms. The number of hydrogen-bond donors (Lipinski definition) is 0. The molecular weight excluding hydrogens is 1410 g/mol. The van der Waals surface area contributed by atoms with Gasteiger partial charge in [-0.3, -0.25) is 0 Å². The molecule has 0 spiro atoms. The molecule has 0 radical (unpaired) electrons. The van der Waals surface area contributed by atoms with Crippen LogP contribution in [-0.2, 0) is 43.7 Å². The predicted octanol–water partition coefficient (Wildman–Crippen LogP) is 29.5. The number of nitrogens with zero attached hydrogens (tertiary/aromatic N) is 4. The first-order chi connectivity index (χ1) is 60.0. The summed E-state index contributed by atoms with van der Waals surface area (Å²) in [6, 6.07) is 91.8. The van der Waals surface area contributed by atoms with Crippen molar-refractivity contribution in [1.29, 1.82) is 0 Å². The summed E-state index contributed by atoms with van der Waals surface area (Å²) in [6.07, 6.45) is -11.0. The second kappa shape index (κ2) is 29.0. The molecule has 0 N–H and O–H groups in total. The molecule has 0 aliphatic carbocycles. The lowest BCUT2D eigenvalue weighted by molar-refractivity contribution is 0.411. The maximum Gasteiger partial charge on any atom is 0.252 e. The van der Waals surface area contributed by atoms with Crippen molar-refractivity contribution in [3.8, 4) is 55.9 Å². The normalized spacial score (nSPS) is 15.8. The molecule has 0 unspecified atom stereocenters. The minimum absolute atomic E-state index is 0.510. The summed E-state index contributed by atoms with van der Waals surface area (Å²) in [5.74, 6) is 0. The molecule has 0 bridgehead atoms. The fraction of sp³-hybridized carbons (Fsp3) is 0.304. The van der Waals surface area contributed by atoms with Crippen molar-refractivity contribution in [1.82, 2.24) is 9.13 Å². The van der Waals surface area contributed by atoms with Crippen LogP contribution in [0.3, 0.4) is 0 Å². The zero-order chi connectivity index (χ0) is 93.1. The third-order valence-corrected chi connectivity index (χ3v) is 22.1. The van der Waals surface area contributed by atoms with Crippen LogP contribution in [0, 0.1) is 32.5 Å². The van der Waals surface area contributed by atoms with E-state index in [1.54, 1.807) is 0 Å². The smallest absolute Gasteiger partial charge is 0.252 e. The summed E-state index contributed by atoms with van der Waals surface area (Å²) in [5.41, 5.74) is 17.5. The highest BCUT2D eigenvalue weighted by molar-refractivity contribution is 7.00. The number of benzene rings is 13. The second-order valence-electron chi connectivity index (χ2n) is 39.9. The third kappa shape index (κ3) is 15.7. The van der Waals surface area contributed by atoms with E-state index in [0.717, 1.165) is 156 Å². The molecule has 0 saturated carbocycles. The Labute approximate surface area is 715 Å². The first kappa shape index (κ1) is 65.2. The largest absolute Gasteiger partial charge is 0.311 e. The van der Waals surface area contributed by atoms with Crippen LogP contribution in [0.25, 0.3) is 99.5 Å². The van der Waals surface area contributed by atoms with Crippen LogP contribution >= 0.6 is 0 Å². The molecule has 2 aliphatic rings. The topological polar surface area (TPSA) is 16.3 Å². The Bertz CT molecular complexity index is 6400. The van der Waals surface area contributed by atoms with Crippen molar-refractivity contribution < 1.29 is 16.4 Å². The summed E-state index contributed by atoms with van der Waals surface area (Å²) in [6.45, 7) is 41.1. The molecule has 0 saturated heterocycles. The van der Waals surface area contributed by atoms with Crippen molar-refractivity contribution in [3.63, 3.8) is 0 Å². The van der Waals surface area contributed by atoms with Gasteiger partial charge in [0.25, 0.3) is 6.71 Å². The molecule has 0 amide bonds. The minimum Gasteiger partial charge on any atom is -0.311 e. The number of rotatable bonds is 14. The van der Waals surface area contributed by atoms with E-state index in [1.807, 2.05) is 270 Å². The van der Waals surface area contributed by atoms with E-state index in [2.05, 4.69) is 161 Å². The van der Waals surface area contributed by atoms with E-state index < -0.39 is 82.9 Å². The van der Waals surface area contributed by atoms with Gasteiger partial charge < -0.3 is 18.9 Å². The van der Waals surface area contributed by atoms with E-state index >= 15 is 0 Å². The van der Waals surface area contributed by atoms with Crippen molar-refractivity contribution in [2.45, 2.75) is 189 Å². The molecule has 13 aromatic carbocycles. The van der Waals surface area contributed by atoms with Crippen molar-refractivity contribution in [3.05, 3.63) is 306 Å². The van der Waals surface area contributed by atoms with Crippen LogP contribution in [0.4, 0.5) is 34.1 Å². The van der Waals surface area contributed by atoms with Crippen LogP contribution < -0.4 is 26.2 Å². The van der Waals surface area contributed by atoms with Gasteiger partial charge in [-0.1, -0.05) is 303 Å². The Balaban J connectivity index is 1.07. The minimum atomic E-state index is -1.91. The van der Waals surface area contributed by atoms with E-state index in [9.17, 15) is 16.4 Å². The Morgan fingerprint density at radius 2 is 0.538 bits per heavy atom. The molecule has 590 valence electrons. The molecule has 0 atom stereocenters. The molecule has 4 heterocycles. The Morgan fingerprint density at radius 3 is 0.812 bits per heavy atom. The van der Waals surface area contributed by atoms with E-state index in [-0.39, 0.29) is 0 Å². The SMILES string of the molecule is [2H]C([2H])(c1ccc2c(c1)c1cc(C([2H])([2H])C(C)(C)C)ccc1n2-c1ccc2c(c1)N(c1cc(-c3ccccc3)c(C([2H])([2H])C(C)(C)C)cc1-c1ccccc1)c1cc(C(C)(C)C)cc3c1B2c1ccc(-n2c4ccc(C([2H])([2H])C(C)(C)C)cc4c4cc(C([2H])([2H])C(C)(C)C)ccc42)cc1N3c1cc(-c2ccccc2)c(C([2H])([2H])C(C)(C)C)cc1-c1ccccc1)C(C)(C)C. The fourth-order valence-electron chi connectivity index (χ4n) is 17.8. The zero-order valence-electron chi connectivity index (χ0n) is 84.3. The molecule has 4 nitrogen and oxygen atoms in total. The summed E-state index contributed by atoms with van der Waals surface area (Å²) in [5, 5.41) is 3.09. The number of anilines is 6. The van der Waals surface area contributed by atoms with Crippen molar-refractivity contribution >= 4 is 101 Å². The summed E-state index contributed by atoms with van der Waals surface area (Å²) in [4.78, 5) is 4.90. The van der Waals surface area contributed by atoms with Crippen LogP contribution in [0.1, 0.15) is 201 Å². The maximum absolute atomic E-state index is 10.5. The lowest BCUT2D eigenvalue weighted by Gasteiger charge is -2.46. The van der Waals surface area contributed by atoms with Crippen LogP contribution in [-0.4, -0.2) is 15.8 Å². The summed E-state index contributed by atoms with van der Waals surface area (Å²) in [7, 11) is 0. The molecule has 5 heteroatoms.